The minimum Gasteiger partial charge on any atom is -0.484 e. The van der Waals surface area contributed by atoms with Crippen LogP contribution in [0.1, 0.15) is 12.5 Å². The van der Waals surface area contributed by atoms with E-state index in [-0.39, 0.29) is 12.5 Å². The summed E-state index contributed by atoms with van der Waals surface area (Å²) < 4.78 is 5.37. The molecule has 0 aromatic heterocycles. The van der Waals surface area contributed by atoms with Crippen molar-refractivity contribution in [2.24, 2.45) is 0 Å². The summed E-state index contributed by atoms with van der Waals surface area (Å²) in [6.45, 7) is 2.06. The van der Waals surface area contributed by atoms with Crippen molar-refractivity contribution >= 4 is 17.3 Å². The van der Waals surface area contributed by atoms with Crippen LogP contribution in [0.4, 0.5) is 11.4 Å². The number of carbonyl (C=O) groups excluding carboxylic acids is 1. The number of amides is 1. The van der Waals surface area contributed by atoms with E-state index in [1.165, 1.54) is 5.56 Å². The Morgan fingerprint density at radius 1 is 1.10 bits per heavy atom. The van der Waals surface area contributed by atoms with Crippen molar-refractivity contribution in [3.05, 3.63) is 54.1 Å². The van der Waals surface area contributed by atoms with Crippen molar-refractivity contribution in [3.63, 3.8) is 0 Å². The molecule has 0 heterocycles. The minimum absolute atomic E-state index is 0.0283. The van der Waals surface area contributed by atoms with Gasteiger partial charge in [0.25, 0.3) is 5.91 Å². The molecular formula is C16H18N2O2. The highest BCUT2D eigenvalue weighted by Crippen LogP contribution is 2.13. The number of hydrogen-bond donors (Lipinski definition) is 2. The number of nitrogen functional groups attached to an aromatic ring is 1. The Balaban J connectivity index is 1.84. The van der Waals surface area contributed by atoms with Crippen molar-refractivity contribution in [2.45, 2.75) is 13.3 Å². The largest absolute Gasteiger partial charge is 0.484 e. The summed E-state index contributed by atoms with van der Waals surface area (Å²) in [6, 6.07) is 14.7. The van der Waals surface area contributed by atoms with Crippen molar-refractivity contribution in [2.75, 3.05) is 17.7 Å². The van der Waals surface area contributed by atoms with Crippen LogP contribution in [-0.4, -0.2) is 12.5 Å². The smallest absolute Gasteiger partial charge is 0.262 e. The number of nitrogens with one attached hydrogen (secondary N) is 1. The Labute approximate surface area is 118 Å². The summed E-state index contributed by atoms with van der Waals surface area (Å²) in [5.41, 5.74) is 8.25. The molecule has 2 aromatic carbocycles. The second-order valence-electron chi connectivity index (χ2n) is 4.46. The molecule has 104 valence electrons. The summed E-state index contributed by atoms with van der Waals surface area (Å²) in [7, 11) is 0. The van der Waals surface area contributed by atoms with E-state index in [1.54, 1.807) is 24.3 Å². The van der Waals surface area contributed by atoms with Gasteiger partial charge in [-0.1, -0.05) is 19.1 Å². The zero-order valence-electron chi connectivity index (χ0n) is 11.4. The van der Waals surface area contributed by atoms with Gasteiger partial charge in [0.2, 0.25) is 0 Å². The van der Waals surface area contributed by atoms with E-state index < -0.39 is 0 Å². The van der Waals surface area contributed by atoms with Crippen molar-refractivity contribution in [1.29, 1.82) is 0 Å². The second-order valence-corrected chi connectivity index (χ2v) is 4.46. The predicted molar refractivity (Wildman–Crippen MR) is 80.8 cm³/mol. The van der Waals surface area contributed by atoms with Crippen molar-refractivity contribution in [1.82, 2.24) is 0 Å². The van der Waals surface area contributed by atoms with Crippen LogP contribution in [-0.2, 0) is 11.2 Å². The Morgan fingerprint density at radius 2 is 1.75 bits per heavy atom. The molecule has 4 nitrogen and oxygen atoms in total. The summed E-state index contributed by atoms with van der Waals surface area (Å²) in [6.07, 6.45) is 0.981. The zero-order chi connectivity index (χ0) is 14.4. The zero-order valence-corrected chi connectivity index (χ0v) is 11.4. The number of carbonyl (C=O) groups is 1. The van der Waals surface area contributed by atoms with Gasteiger partial charge in [-0.25, -0.2) is 0 Å². The first-order chi connectivity index (χ1) is 9.67. The number of aryl methyl sites for hydroxylation is 1. The van der Waals surface area contributed by atoms with E-state index in [0.717, 1.165) is 12.1 Å². The number of ether oxygens (including phenoxy) is 1. The lowest BCUT2D eigenvalue weighted by Crippen LogP contribution is -2.20. The van der Waals surface area contributed by atoms with Gasteiger partial charge >= 0.3 is 0 Å². The first-order valence-corrected chi connectivity index (χ1v) is 6.54. The second kappa shape index (κ2) is 6.61. The maximum atomic E-state index is 11.7. The van der Waals surface area contributed by atoms with Crippen LogP contribution < -0.4 is 15.8 Å². The molecule has 0 aliphatic rings. The van der Waals surface area contributed by atoms with Crippen molar-refractivity contribution < 1.29 is 9.53 Å². The molecule has 0 bridgehead atoms. The lowest BCUT2D eigenvalue weighted by Gasteiger charge is -2.08. The third-order valence-electron chi connectivity index (χ3n) is 2.90. The Hall–Kier alpha value is -2.49. The molecule has 0 fully saturated rings. The Kier molecular flexibility index (Phi) is 4.60. The van der Waals surface area contributed by atoms with Crippen LogP contribution in [0.15, 0.2) is 48.5 Å². The average molecular weight is 270 g/mol. The highest BCUT2D eigenvalue weighted by molar-refractivity contribution is 5.91. The van der Waals surface area contributed by atoms with Crippen LogP contribution in [0.5, 0.6) is 5.75 Å². The fraction of sp³-hybridized carbons (Fsp3) is 0.188. The van der Waals surface area contributed by atoms with Gasteiger partial charge in [0.15, 0.2) is 6.61 Å². The minimum atomic E-state index is -0.189. The van der Waals surface area contributed by atoms with Gasteiger partial charge in [0, 0.05) is 11.4 Å². The van der Waals surface area contributed by atoms with E-state index in [9.17, 15) is 4.79 Å². The van der Waals surface area contributed by atoms with Gasteiger partial charge in [0.05, 0.1) is 0 Å². The SMILES string of the molecule is CCc1ccc(NC(=O)COc2ccc(N)cc2)cc1. The molecule has 20 heavy (non-hydrogen) atoms. The number of rotatable bonds is 5. The number of nitrogens with two attached hydrogens (primary N) is 1. The van der Waals surface area contributed by atoms with Crippen molar-refractivity contribution in [3.8, 4) is 5.75 Å². The number of hydrogen-bond acceptors (Lipinski definition) is 3. The van der Waals surface area contributed by atoms with E-state index in [0.29, 0.717) is 11.4 Å². The van der Waals surface area contributed by atoms with Crippen LogP contribution in [0.3, 0.4) is 0 Å². The maximum Gasteiger partial charge on any atom is 0.262 e. The molecule has 2 aromatic rings. The monoisotopic (exact) mass is 270 g/mol. The van der Waals surface area contributed by atoms with Crippen LogP contribution >= 0.6 is 0 Å². The molecule has 0 atom stereocenters. The van der Waals surface area contributed by atoms with E-state index in [4.69, 9.17) is 10.5 Å². The molecule has 0 spiro atoms. The average Bonchev–Trinajstić information content (AvgIpc) is 2.47. The summed E-state index contributed by atoms with van der Waals surface area (Å²) in [5.74, 6) is 0.432. The van der Waals surface area contributed by atoms with Gasteiger partial charge in [-0.2, -0.15) is 0 Å². The fourth-order valence-electron chi connectivity index (χ4n) is 1.73. The van der Waals surface area contributed by atoms with Crippen LogP contribution in [0.25, 0.3) is 0 Å². The molecule has 4 heteroatoms. The lowest BCUT2D eigenvalue weighted by molar-refractivity contribution is -0.118. The third-order valence-corrected chi connectivity index (χ3v) is 2.90. The van der Waals surface area contributed by atoms with Crippen LogP contribution in [0.2, 0.25) is 0 Å². The highest BCUT2D eigenvalue weighted by atomic mass is 16.5. The fourth-order valence-corrected chi connectivity index (χ4v) is 1.73. The Morgan fingerprint density at radius 3 is 2.35 bits per heavy atom. The number of anilines is 2. The third kappa shape index (κ3) is 4.02. The van der Waals surface area contributed by atoms with Gasteiger partial charge < -0.3 is 15.8 Å². The molecule has 0 unspecified atom stereocenters. The van der Waals surface area contributed by atoms with Gasteiger partial charge in [-0.15, -0.1) is 0 Å². The van der Waals surface area contributed by atoms with E-state index >= 15 is 0 Å². The van der Waals surface area contributed by atoms with E-state index in [1.807, 2.05) is 24.3 Å². The topological polar surface area (TPSA) is 64.3 Å². The normalized spacial score (nSPS) is 10.1. The number of benzene rings is 2. The molecule has 0 aliphatic heterocycles. The van der Waals surface area contributed by atoms with Gasteiger partial charge in [0.1, 0.15) is 5.75 Å². The molecular weight excluding hydrogens is 252 g/mol. The first kappa shape index (κ1) is 13.9. The maximum absolute atomic E-state index is 11.7. The first-order valence-electron chi connectivity index (χ1n) is 6.54. The summed E-state index contributed by atoms with van der Waals surface area (Å²) in [4.78, 5) is 11.7. The molecule has 0 saturated heterocycles. The molecule has 3 N–H and O–H groups in total. The molecule has 1 amide bonds. The molecule has 0 radical (unpaired) electrons. The van der Waals surface area contributed by atoms with E-state index in [2.05, 4.69) is 12.2 Å². The summed E-state index contributed by atoms with van der Waals surface area (Å²) in [5, 5.41) is 2.79. The molecule has 0 aliphatic carbocycles. The summed E-state index contributed by atoms with van der Waals surface area (Å²) >= 11 is 0. The quantitative estimate of drug-likeness (QED) is 0.821. The molecule has 2 rings (SSSR count). The molecule has 0 saturated carbocycles. The van der Waals surface area contributed by atoms with Crippen LogP contribution in [0, 0.1) is 0 Å². The standard InChI is InChI=1S/C16H18N2O2/c1-2-12-3-7-14(8-4-12)18-16(19)11-20-15-9-5-13(17)6-10-15/h3-10H,2,11,17H2,1H3,(H,18,19). The van der Waals surface area contributed by atoms with Gasteiger partial charge in [-0.3, -0.25) is 4.79 Å². The lowest BCUT2D eigenvalue weighted by atomic mass is 10.1. The Bertz CT molecular complexity index is 562. The predicted octanol–water partition coefficient (Wildman–Crippen LogP) is 2.85. The highest BCUT2D eigenvalue weighted by Gasteiger charge is 2.03. The van der Waals surface area contributed by atoms with Gasteiger partial charge in [-0.05, 0) is 48.4 Å².